The first-order chi connectivity index (χ1) is 4.46. The van der Waals surface area contributed by atoms with E-state index >= 15 is 0 Å². The van der Waals surface area contributed by atoms with Gasteiger partial charge < -0.3 is 10.8 Å². The van der Waals surface area contributed by atoms with Gasteiger partial charge in [-0.15, -0.1) is 0 Å². The molecule has 1 fully saturated rings. The van der Waals surface area contributed by atoms with E-state index in [9.17, 15) is 4.79 Å². The smallest absolute Gasteiger partial charge is 0.324 e. The van der Waals surface area contributed by atoms with Gasteiger partial charge in [0.15, 0.2) is 0 Å². The zero-order valence-electron chi connectivity index (χ0n) is 6.35. The first kappa shape index (κ1) is 7.54. The molecule has 3 heteroatoms. The van der Waals surface area contributed by atoms with Crippen molar-refractivity contribution in [1.82, 2.24) is 0 Å². The summed E-state index contributed by atoms with van der Waals surface area (Å²) in [4.78, 5) is 10.5. The van der Waals surface area contributed by atoms with Crippen LogP contribution in [0.25, 0.3) is 0 Å². The number of carboxylic acids is 1. The minimum absolute atomic E-state index is 0.154. The van der Waals surface area contributed by atoms with Crippen LogP contribution in [0.4, 0.5) is 0 Å². The van der Waals surface area contributed by atoms with E-state index in [-0.39, 0.29) is 5.41 Å². The van der Waals surface area contributed by atoms with E-state index in [1.165, 1.54) is 0 Å². The molecule has 3 nitrogen and oxygen atoms in total. The third-order valence-electron chi connectivity index (χ3n) is 2.78. The Hall–Kier alpha value is -0.570. The van der Waals surface area contributed by atoms with Gasteiger partial charge in [-0.05, 0) is 18.3 Å². The Balaban J connectivity index is 2.72. The number of hydrogen-bond donors (Lipinski definition) is 2. The van der Waals surface area contributed by atoms with Crippen LogP contribution in [-0.2, 0) is 4.79 Å². The van der Waals surface area contributed by atoms with Gasteiger partial charge in [-0.2, -0.15) is 0 Å². The minimum Gasteiger partial charge on any atom is -0.480 e. The highest BCUT2D eigenvalue weighted by Crippen LogP contribution is 2.56. The van der Waals surface area contributed by atoms with Gasteiger partial charge in [-0.3, -0.25) is 4.79 Å². The van der Waals surface area contributed by atoms with Gasteiger partial charge in [0, 0.05) is 0 Å². The van der Waals surface area contributed by atoms with Crippen molar-refractivity contribution in [2.24, 2.45) is 11.1 Å². The molecule has 1 aliphatic carbocycles. The van der Waals surface area contributed by atoms with E-state index < -0.39 is 11.5 Å². The van der Waals surface area contributed by atoms with Gasteiger partial charge in [0.05, 0.1) is 0 Å². The second kappa shape index (κ2) is 1.72. The van der Waals surface area contributed by atoms with Crippen LogP contribution in [0.5, 0.6) is 0 Å². The summed E-state index contributed by atoms with van der Waals surface area (Å²) in [6.45, 7) is 3.89. The molecular weight excluding hydrogens is 130 g/mol. The number of hydrogen-bond acceptors (Lipinski definition) is 2. The van der Waals surface area contributed by atoms with E-state index in [2.05, 4.69) is 0 Å². The van der Waals surface area contributed by atoms with E-state index in [0.29, 0.717) is 6.42 Å². The molecule has 0 aliphatic heterocycles. The molecule has 0 amide bonds. The molecule has 0 heterocycles. The summed E-state index contributed by atoms with van der Waals surface area (Å²) in [6.07, 6.45) is 1.46. The highest BCUT2D eigenvalue weighted by molar-refractivity contribution is 5.84. The summed E-state index contributed by atoms with van der Waals surface area (Å²) in [5.74, 6) is -0.864. The first-order valence-electron chi connectivity index (χ1n) is 3.48. The Labute approximate surface area is 60.2 Å². The Kier molecular flexibility index (Phi) is 1.30. The predicted molar refractivity (Wildman–Crippen MR) is 37.6 cm³/mol. The van der Waals surface area contributed by atoms with Crippen molar-refractivity contribution in [3.8, 4) is 0 Å². The topological polar surface area (TPSA) is 63.3 Å². The second-order valence-corrected chi connectivity index (χ2v) is 3.37. The summed E-state index contributed by atoms with van der Waals surface area (Å²) in [5.41, 5.74) is 4.50. The van der Waals surface area contributed by atoms with Crippen molar-refractivity contribution >= 4 is 5.97 Å². The van der Waals surface area contributed by atoms with Crippen molar-refractivity contribution in [1.29, 1.82) is 0 Å². The highest BCUT2D eigenvalue weighted by atomic mass is 16.4. The fourth-order valence-electron chi connectivity index (χ4n) is 1.35. The molecule has 0 radical (unpaired) electrons. The molecule has 0 unspecified atom stereocenters. The second-order valence-electron chi connectivity index (χ2n) is 3.37. The summed E-state index contributed by atoms with van der Waals surface area (Å²) in [7, 11) is 0. The molecule has 0 spiro atoms. The zero-order chi connectivity index (χ0) is 7.99. The molecule has 58 valence electrons. The molecule has 2 atom stereocenters. The fourth-order valence-corrected chi connectivity index (χ4v) is 1.35. The van der Waals surface area contributed by atoms with Crippen molar-refractivity contribution in [2.45, 2.75) is 32.2 Å². The molecule has 0 bridgehead atoms. The normalized spacial score (nSPS) is 45.1. The summed E-state index contributed by atoms with van der Waals surface area (Å²) >= 11 is 0. The Morgan fingerprint density at radius 1 is 1.80 bits per heavy atom. The van der Waals surface area contributed by atoms with E-state index in [0.717, 1.165) is 6.42 Å². The molecule has 0 aromatic carbocycles. The van der Waals surface area contributed by atoms with Crippen LogP contribution >= 0.6 is 0 Å². The maximum absolute atomic E-state index is 10.5. The maximum atomic E-state index is 10.5. The van der Waals surface area contributed by atoms with Crippen molar-refractivity contribution in [2.75, 3.05) is 0 Å². The standard InChI is InChI=1S/C7H13NO2/c1-3-6(2)4-7(6,8)5(9)10/h3-4,8H2,1-2H3,(H,9,10)/t6-,7+/m0/s1. The lowest BCUT2D eigenvalue weighted by atomic mass is 10.00. The van der Waals surface area contributed by atoms with E-state index in [1.807, 2.05) is 13.8 Å². The Morgan fingerprint density at radius 3 is 2.40 bits per heavy atom. The van der Waals surface area contributed by atoms with Gasteiger partial charge in [-0.25, -0.2) is 0 Å². The number of rotatable bonds is 2. The minimum atomic E-state index is -0.929. The number of carbonyl (C=O) groups is 1. The Morgan fingerprint density at radius 2 is 2.30 bits per heavy atom. The maximum Gasteiger partial charge on any atom is 0.324 e. The van der Waals surface area contributed by atoms with Crippen LogP contribution in [0.15, 0.2) is 0 Å². The summed E-state index contributed by atoms with van der Waals surface area (Å²) in [6, 6.07) is 0. The molecule has 1 rings (SSSR count). The molecule has 0 aromatic heterocycles. The van der Waals surface area contributed by atoms with Crippen molar-refractivity contribution in [3.63, 3.8) is 0 Å². The van der Waals surface area contributed by atoms with Crippen LogP contribution < -0.4 is 5.73 Å². The molecule has 1 saturated carbocycles. The lowest BCUT2D eigenvalue weighted by Gasteiger charge is -2.11. The third-order valence-corrected chi connectivity index (χ3v) is 2.78. The number of aliphatic carboxylic acids is 1. The average molecular weight is 143 g/mol. The predicted octanol–water partition coefficient (Wildman–Crippen LogP) is 0.588. The average Bonchev–Trinajstić information content (AvgIpc) is 2.39. The molecule has 10 heavy (non-hydrogen) atoms. The van der Waals surface area contributed by atoms with Gasteiger partial charge >= 0.3 is 5.97 Å². The van der Waals surface area contributed by atoms with Crippen LogP contribution in [0.1, 0.15) is 26.7 Å². The molecule has 1 aliphatic rings. The van der Waals surface area contributed by atoms with Gasteiger partial charge in [-0.1, -0.05) is 13.8 Å². The van der Waals surface area contributed by atoms with Gasteiger partial charge in [0.25, 0.3) is 0 Å². The SMILES string of the molecule is CC[C@@]1(C)C[C@@]1(N)C(=O)O. The van der Waals surface area contributed by atoms with Crippen LogP contribution in [-0.4, -0.2) is 16.6 Å². The van der Waals surface area contributed by atoms with Crippen molar-refractivity contribution in [3.05, 3.63) is 0 Å². The monoisotopic (exact) mass is 143 g/mol. The highest BCUT2D eigenvalue weighted by Gasteiger charge is 2.66. The lowest BCUT2D eigenvalue weighted by Crippen LogP contribution is -2.38. The Bertz CT molecular complexity index is 180. The molecule has 0 saturated heterocycles. The largest absolute Gasteiger partial charge is 0.480 e. The zero-order valence-corrected chi connectivity index (χ0v) is 6.35. The summed E-state index contributed by atoms with van der Waals surface area (Å²) in [5, 5.41) is 8.65. The molecule has 0 aromatic rings. The van der Waals surface area contributed by atoms with E-state index in [4.69, 9.17) is 10.8 Å². The molecular formula is C7H13NO2. The van der Waals surface area contributed by atoms with Gasteiger partial charge in [0.2, 0.25) is 0 Å². The fraction of sp³-hybridized carbons (Fsp3) is 0.857. The first-order valence-corrected chi connectivity index (χ1v) is 3.48. The lowest BCUT2D eigenvalue weighted by molar-refractivity contribution is -0.140. The van der Waals surface area contributed by atoms with Crippen LogP contribution in [0, 0.1) is 5.41 Å². The van der Waals surface area contributed by atoms with Crippen molar-refractivity contribution < 1.29 is 9.90 Å². The van der Waals surface area contributed by atoms with E-state index in [1.54, 1.807) is 0 Å². The van der Waals surface area contributed by atoms with Crippen LogP contribution in [0.2, 0.25) is 0 Å². The van der Waals surface area contributed by atoms with Gasteiger partial charge in [0.1, 0.15) is 5.54 Å². The number of carboxylic acid groups (broad SMARTS) is 1. The summed E-state index contributed by atoms with van der Waals surface area (Å²) < 4.78 is 0. The molecule has 3 N–H and O–H groups in total. The van der Waals surface area contributed by atoms with Crippen LogP contribution in [0.3, 0.4) is 0 Å². The number of nitrogens with two attached hydrogens (primary N) is 1. The third kappa shape index (κ3) is 0.669. The quantitative estimate of drug-likeness (QED) is 0.594.